The number of nitrogens with zero attached hydrogens (tertiary/aromatic N) is 1. The Morgan fingerprint density at radius 2 is 1.87 bits per heavy atom. The summed E-state index contributed by atoms with van der Waals surface area (Å²) in [5.41, 5.74) is 3.39. The second-order valence-corrected chi connectivity index (χ2v) is 9.50. The van der Waals surface area contributed by atoms with Crippen LogP contribution in [0.1, 0.15) is 26.9 Å². The van der Waals surface area contributed by atoms with Crippen LogP contribution in [0.3, 0.4) is 0 Å². The van der Waals surface area contributed by atoms with Crippen molar-refractivity contribution in [1.29, 1.82) is 0 Å². The minimum absolute atomic E-state index is 0.0708. The molecule has 0 bridgehead atoms. The van der Waals surface area contributed by atoms with E-state index < -0.39 is 0 Å². The highest BCUT2D eigenvalue weighted by molar-refractivity contribution is 8.00. The Kier molecular flexibility index (Phi) is 6.90. The van der Waals surface area contributed by atoms with E-state index in [2.05, 4.69) is 5.32 Å². The van der Waals surface area contributed by atoms with E-state index in [0.29, 0.717) is 22.9 Å². The number of thioether (sulfide) groups is 2. The Balaban J connectivity index is 1.46. The molecule has 0 aliphatic carbocycles. The lowest BCUT2D eigenvalue weighted by Crippen LogP contribution is -2.27. The summed E-state index contributed by atoms with van der Waals surface area (Å²) < 4.78 is 0. The zero-order valence-electron chi connectivity index (χ0n) is 16.9. The Hall–Kier alpha value is -2.41. The van der Waals surface area contributed by atoms with Crippen LogP contribution >= 0.6 is 35.1 Å². The maximum Gasteiger partial charge on any atom is 0.255 e. The molecule has 158 valence electrons. The van der Waals surface area contributed by atoms with Crippen molar-refractivity contribution in [3.8, 4) is 0 Å². The fraction of sp³-hybridized carbons (Fsp3) is 0.167. The molecular formula is C24H21ClN2O2S2. The number of carbonyl (C=O) groups is 2. The van der Waals surface area contributed by atoms with Gasteiger partial charge in [0.05, 0.1) is 5.75 Å². The van der Waals surface area contributed by atoms with Crippen LogP contribution in [0.2, 0.25) is 5.02 Å². The van der Waals surface area contributed by atoms with E-state index >= 15 is 0 Å². The highest BCUT2D eigenvalue weighted by Crippen LogP contribution is 2.39. The summed E-state index contributed by atoms with van der Waals surface area (Å²) >= 11 is 9.20. The van der Waals surface area contributed by atoms with Gasteiger partial charge < -0.3 is 10.2 Å². The molecule has 1 saturated heterocycles. The summed E-state index contributed by atoms with van der Waals surface area (Å²) in [6, 6.07) is 22.8. The molecule has 31 heavy (non-hydrogen) atoms. The van der Waals surface area contributed by atoms with Crippen LogP contribution in [0.25, 0.3) is 0 Å². The van der Waals surface area contributed by atoms with Gasteiger partial charge in [-0.3, -0.25) is 9.59 Å². The van der Waals surface area contributed by atoms with E-state index in [1.165, 1.54) is 0 Å². The molecule has 0 saturated carbocycles. The normalized spacial score (nSPS) is 15.9. The molecule has 7 heteroatoms. The number of anilines is 1. The van der Waals surface area contributed by atoms with E-state index in [-0.39, 0.29) is 17.2 Å². The molecule has 1 N–H and O–H groups in total. The molecule has 4 nitrogen and oxygen atoms in total. The van der Waals surface area contributed by atoms with Crippen LogP contribution < -0.4 is 5.32 Å². The number of benzene rings is 3. The van der Waals surface area contributed by atoms with Gasteiger partial charge in [0.25, 0.3) is 5.91 Å². The summed E-state index contributed by atoms with van der Waals surface area (Å²) in [5.74, 6) is 0.408. The molecule has 2 amide bonds. The third-order valence-corrected chi connectivity index (χ3v) is 7.25. The minimum atomic E-state index is -0.155. The zero-order valence-corrected chi connectivity index (χ0v) is 19.3. The van der Waals surface area contributed by atoms with Gasteiger partial charge >= 0.3 is 0 Å². The first-order valence-corrected chi connectivity index (χ1v) is 12.4. The topological polar surface area (TPSA) is 49.4 Å². The van der Waals surface area contributed by atoms with E-state index in [1.807, 2.05) is 84.0 Å². The van der Waals surface area contributed by atoms with Crippen LogP contribution in [0.5, 0.6) is 0 Å². The molecule has 1 atom stereocenters. The monoisotopic (exact) mass is 468 g/mol. The van der Waals surface area contributed by atoms with Gasteiger partial charge in [-0.05, 0) is 59.8 Å². The second kappa shape index (κ2) is 9.81. The van der Waals surface area contributed by atoms with Crippen molar-refractivity contribution in [2.75, 3.05) is 17.3 Å². The molecule has 0 radical (unpaired) electrons. The lowest BCUT2D eigenvalue weighted by atomic mass is 10.1. The summed E-state index contributed by atoms with van der Waals surface area (Å²) in [4.78, 5) is 28.1. The van der Waals surface area contributed by atoms with Crippen LogP contribution in [-0.2, 0) is 11.3 Å². The lowest BCUT2D eigenvalue weighted by molar-refractivity contribution is -0.128. The van der Waals surface area contributed by atoms with Crippen molar-refractivity contribution in [2.24, 2.45) is 0 Å². The fourth-order valence-electron chi connectivity index (χ4n) is 3.39. The Morgan fingerprint density at radius 1 is 1.13 bits per heavy atom. The van der Waals surface area contributed by atoms with E-state index in [1.54, 1.807) is 23.5 Å². The van der Waals surface area contributed by atoms with Crippen molar-refractivity contribution in [3.63, 3.8) is 0 Å². The first-order chi connectivity index (χ1) is 15.0. The molecule has 3 aromatic rings. The van der Waals surface area contributed by atoms with Gasteiger partial charge in [0.1, 0.15) is 5.37 Å². The van der Waals surface area contributed by atoms with Crippen molar-refractivity contribution in [1.82, 2.24) is 4.90 Å². The van der Waals surface area contributed by atoms with E-state index in [4.69, 9.17) is 11.6 Å². The van der Waals surface area contributed by atoms with Gasteiger partial charge in [-0.2, -0.15) is 0 Å². The lowest BCUT2D eigenvalue weighted by Gasteiger charge is -2.24. The predicted molar refractivity (Wildman–Crippen MR) is 130 cm³/mol. The highest BCUT2D eigenvalue weighted by Gasteiger charge is 2.32. The van der Waals surface area contributed by atoms with Crippen LogP contribution in [0, 0.1) is 0 Å². The minimum Gasteiger partial charge on any atom is -0.322 e. The molecule has 1 aliphatic rings. The number of carbonyl (C=O) groups excluding carboxylic acids is 2. The molecule has 0 unspecified atom stereocenters. The van der Waals surface area contributed by atoms with Gasteiger partial charge in [0.2, 0.25) is 5.91 Å². The first kappa shape index (κ1) is 21.8. The van der Waals surface area contributed by atoms with Crippen LogP contribution in [0.4, 0.5) is 5.69 Å². The van der Waals surface area contributed by atoms with Gasteiger partial charge in [0, 0.05) is 27.7 Å². The average Bonchev–Trinajstić information content (AvgIpc) is 3.15. The summed E-state index contributed by atoms with van der Waals surface area (Å²) in [5, 5.41) is 3.55. The molecule has 1 heterocycles. The van der Waals surface area contributed by atoms with Crippen molar-refractivity contribution in [3.05, 3.63) is 94.5 Å². The maximum atomic E-state index is 12.6. The molecule has 3 aromatic carbocycles. The highest BCUT2D eigenvalue weighted by atomic mass is 35.5. The number of hydrogen-bond acceptors (Lipinski definition) is 4. The van der Waals surface area contributed by atoms with Crippen molar-refractivity contribution >= 4 is 52.6 Å². The van der Waals surface area contributed by atoms with Crippen molar-refractivity contribution in [2.45, 2.75) is 16.8 Å². The van der Waals surface area contributed by atoms with E-state index in [9.17, 15) is 9.59 Å². The van der Waals surface area contributed by atoms with Crippen LogP contribution in [0.15, 0.2) is 77.7 Å². The van der Waals surface area contributed by atoms with Gasteiger partial charge in [-0.1, -0.05) is 41.9 Å². The Morgan fingerprint density at radius 3 is 2.58 bits per heavy atom. The van der Waals surface area contributed by atoms with Gasteiger partial charge in [-0.25, -0.2) is 0 Å². The molecule has 1 fully saturated rings. The summed E-state index contributed by atoms with van der Waals surface area (Å²) in [7, 11) is 0. The molecule has 4 rings (SSSR count). The standard InChI is InChI=1S/C24H21ClN2O2S2/c1-30-21-4-2-3-20(13-21)26-23(29)17-7-9-18(10-8-17)24-27(22(28)15-31-24)14-16-5-11-19(25)12-6-16/h2-13,24H,14-15H2,1H3,(H,26,29)/t24-/m1/s1. The summed E-state index contributed by atoms with van der Waals surface area (Å²) in [6.45, 7) is 0.529. The van der Waals surface area contributed by atoms with Gasteiger partial charge in [-0.15, -0.1) is 23.5 Å². The number of nitrogens with one attached hydrogen (secondary N) is 1. The predicted octanol–water partition coefficient (Wildman–Crippen LogP) is 6.09. The molecule has 1 aliphatic heterocycles. The number of amides is 2. The number of rotatable bonds is 6. The average molecular weight is 469 g/mol. The quantitative estimate of drug-likeness (QED) is 0.445. The fourth-order valence-corrected chi connectivity index (χ4v) is 5.16. The number of hydrogen-bond donors (Lipinski definition) is 1. The Labute approximate surface area is 195 Å². The number of halogens is 1. The third kappa shape index (κ3) is 5.26. The van der Waals surface area contributed by atoms with Crippen molar-refractivity contribution < 1.29 is 9.59 Å². The molecular weight excluding hydrogens is 448 g/mol. The third-order valence-electron chi connectivity index (χ3n) is 5.02. The smallest absolute Gasteiger partial charge is 0.255 e. The molecule has 0 spiro atoms. The van der Waals surface area contributed by atoms with E-state index in [0.717, 1.165) is 21.7 Å². The Bertz CT molecular complexity index is 1090. The van der Waals surface area contributed by atoms with Crippen LogP contribution in [-0.4, -0.2) is 28.7 Å². The zero-order chi connectivity index (χ0) is 21.8. The largest absolute Gasteiger partial charge is 0.322 e. The molecule has 0 aromatic heterocycles. The SMILES string of the molecule is CSc1cccc(NC(=O)c2ccc([C@H]3SCC(=O)N3Cc3ccc(Cl)cc3)cc2)c1. The summed E-state index contributed by atoms with van der Waals surface area (Å²) in [6.07, 6.45) is 2.00. The maximum absolute atomic E-state index is 12.6. The second-order valence-electron chi connectivity index (χ2n) is 7.12. The first-order valence-electron chi connectivity index (χ1n) is 9.74. The van der Waals surface area contributed by atoms with Gasteiger partial charge in [0.15, 0.2) is 0 Å².